The van der Waals surface area contributed by atoms with Gasteiger partial charge in [0, 0.05) is 11.8 Å². The first kappa shape index (κ1) is 25.1. The van der Waals surface area contributed by atoms with Crippen LogP contribution in [0.15, 0.2) is 72.3 Å². The third-order valence-electron chi connectivity index (χ3n) is 8.67. The van der Waals surface area contributed by atoms with Gasteiger partial charge in [0.25, 0.3) is 8.32 Å². The quantitative estimate of drug-likeness (QED) is 0.351. The van der Waals surface area contributed by atoms with Crippen LogP contribution < -0.4 is 10.4 Å². The minimum atomic E-state index is -2.58. The van der Waals surface area contributed by atoms with E-state index < -0.39 is 8.32 Å². The van der Waals surface area contributed by atoms with Gasteiger partial charge < -0.3 is 4.43 Å². The number of rotatable bonds is 6. The fourth-order valence-corrected chi connectivity index (χ4v) is 11.2. The number of hydrogen-bond acceptors (Lipinski definition) is 2. The van der Waals surface area contributed by atoms with Crippen LogP contribution in [0.2, 0.25) is 5.04 Å². The predicted octanol–water partition coefficient (Wildman–Crippen LogP) is 6.54. The molecule has 34 heavy (non-hydrogen) atoms. The zero-order valence-electron chi connectivity index (χ0n) is 21.9. The Morgan fingerprint density at radius 1 is 0.971 bits per heavy atom. The fourth-order valence-electron chi connectivity index (χ4n) is 6.65. The number of benzene rings is 2. The van der Waals surface area contributed by atoms with E-state index in [1.807, 2.05) is 0 Å². The fraction of sp³-hybridized carbons (Fsp3) is 0.516. The van der Waals surface area contributed by atoms with Crippen molar-refractivity contribution in [1.29, 1.82) is 0 Å². The highest BCUT2D eigenvalue weighted by Crippen LogP contribution is 2.53. The first-order valence-electron chi connectivity index (χ1n) is 13.1. The predicted molar refractivity (Wildman–Crippen MR) is 145 cm³/mol. The summed E-state index contributed by atoms with van der Waals surface area (Å²) in [7, 11) is -2.58. The molecule has 2 aromatic rings. The van der Waals surface area contributed by atoms with Crippen molar-refractivity contribution in [1.82, 2.24) is 0 Å². The van der Waals surface area contributed by atoms with Crippen molar-refractivity contribution in [2.45, 2.75) is 72.3 Å². The van der Waals surface area contributed by atoms with Crippen LogP contribution in [0.4, 0.5) is 0 Å². The van der Waals surface area contributed by atoms with E-state index in [0.717, 1.165) is 19.3 Å². The zero-order valence-corrected chi connectivity index (χ0v) is 22.9. The molecule has 2 nitrogen and oxygen atoms in total. The van der Waals surface area contributed by atoms with Crippen LogP contribution in [0.5, 0.6) is 0 Å². The lowest BCUT2D eigenvalue weighted by molar-refractivity contribution is -0.129. The largest absolute Gasteiger partial charge is 0.403 e. The van der Waals surface area contributed by atoms with Crippen molar-refractivity contribution in [2.24, 2.45) is 23.2 Å². The second-order valence-corrected chi connectivity index (χ2v) is 16.4. The van der Waals surface area contributed by atoms with Crippen molar-refractivity contribution in [3.8, 4) is 0 Å². The van der Waals surface area contributed by atoms with E-state index in [1.54, 1.807) is 0 Å². The Labute approximate surface area is 208 Å². The maximum absolute atomic E-state index is 13.3. The van der Waals surface area contributed by atoms with Gasteiger partial charge in [-0.2, -0.15) is 0 Å². The first-order chi connectivity index (χ1) is 16.1. The molecule has 2 aliphatic rings. The molecule has 3 heteroatoms. The molecule has 2 aromatic carbocycles. The lowest BCUT2D eigenvalue weighted by Crippen LogP contribution is -2.66. The topological polar surface area (TPSA) is 26.3 Å². The normalized spacial score (nSPS) is 25.7. The van der Waals surface area contributed by atoms with Crippen molar-refractivity contribution in [3.05, 3.63) is 72.3 Å². The Balaban J connectivity index is 1.74. The molecule has 0 saturated heterocycles. The summed E-state index contributed by atoms with van der Waals surface area (Å²) in [5.41, 5.74) is 1.12. The van der Waals surface area contributed by atoms with E-state index in [9.17, 15) is 4.79 Å². The second kappa shape index (κ2) is 9.58. The van der Waals surface area contributed by atoms with Crippen molar-refractivity contribution >= 4 is 24.5 Å². The molecule has 0 aromatic heterocycles. The van der Waals surface area contributed by atoms with Gasteiger partial charge in [0.2, 0.25) is 0 Å². The number of Topliss-reactive ketones (excluding diaryl/α,β-unsaturated/α-hetero) is 1. The van der Waals surface area contributed by atoms with Crippen LogP contribution in [0.25, 0.3) is 0 Å². The Bertz CT molecular complexity index is 979. The zero-order chi connectivity index (χ0) is 24.6. The second-order valence-electron chi connectivity index (χ2n) is 12.1. The van der Waals surface area contributed by atoms with Gasteiger partial charge in [0.15, 0.2) is 0 Å². The highest BCUT2D eigenvalue weighted by molar-refractivity contribution is 6.99. The Morgan fingerprint density at radius 3 is 2.03 bits per heavy atom. The van der Waals surface area contributed by atoms with Crippen LogP contribution in [0, 0.1) is 23.2 Å². The van der Waals surface area contributed by atoms with E-state index in [4.69, 9.17) is 4.43 Å². The molecule has 0 aliphatic heterocycles. The third kappa shape index (κ3) is 4.38. The third-order valence-corrected chi connectivity index (χ3v) is 13.6. The van der Waals surface area contributed by atoms with E-state index in [2.05, 4.69) is 108 Å². The maximum atomic E-state index is 13.3. The molecule has 0 radical (unpaired) electrons. The van der Waals surface area contributed by atoms with Gasteiger partial charge in [-0.1, -0.05) is 108 Å². The highest BCUT2D eigenvalue weighted by Gasteiger charge is 2.52. The number of hydrogen-bond donors (Lipinski definition) is 0. The molecule has 3 atom stereocenters. The standard InChI is InChI=1S/C31H42O2Si/c1-23(2)27-19-20-31(6)28(27)21-24(17-18-29(31)32)22-33-34(30(3,4)5,25-13-9-7-10-14-25)26-15-11-8-12-16-26/h7-16,21,23,27-28H,17-20,22H2,1-6H3/t27-,28-,31+/m1/s1. The molecule has 1 fully saturated rings. The molecular formula is C31H42O2Si. The Morgan fingerprint density at radius 2 is 1.53 bits per heavy atom. The lowest BCUT2D eigenvalue weighted by atomic mass is 9.72. The smallest absolute Gasteiger partial charge is 0.261 e. The summed E-state index contributed by atoms with van der Waals surface area (Å²) in [5.74, 6) is 1.96. The Hall–Kier alpha value is -1.97. The van der Waals surface area contributed by atoms with Crippen molar-refractivity contribution in [2.75, 3.05) is 6.61 Å². The molecule has 0 unspecified atom stereocenters. The van der Waals surface area contributed by atoms with E-state index in [1.165, 1.54) is 15.9 Å². The summed E-state index contributed by atoms with van der Waals surface area (Å²) in [6.07, 6.45) is 6.13. The summed E-state index contributed by atoms with van der Waals surface area (Å²) in [5, 5.41) is 2.58. The van der Waals surface area contributed by atoms with Crippen molar-refractivity contribution < 1.29 is 9.22 Å². The van der Waals surface area contributed by atoms with Gasteiger partial charge in [-0.3, -0.25) is 4.79 Å². The van der Waals surface area contributed by atoms with E-state index in [-0.39, 0.29) is 10.5 Å². The molecule has 182 valence electrons. The van der Waals surface area contributed by atoms with Gasteiger partial charge in [0.1, 0.15) is 5.78 Å². The number of ketones is 1. The minimum absolute atomic E-state index is 0.0425. The van der Waals surface area contributed by atoms with Crippen LogP contribution in [0.1, 0.15) is 67.2 Å². The Kier molecular flexibility index (Phi) is 7.08. The lowest BCUT2D eigenvalue weighted by Gasteiger charge is -2.43. The minimum Gasteiger partial charge on any atom is -0.403 e. The monoisotopic (exact) mass is 474 g/mol. The summed E-state index contributed by atoms with van der Waals surface area (Å²) < 4.78 is 7.23. The molecule has 0 bridgehead atoms. The average Bonchev–Trinajstić information content (AvgIpc) is 3.09. The number of fused-ring (bicyclic) bond motifs is 1. The molecule has 4 rings (SSSR count). The van der Waals surface area contributed by atoms with Crippen LogP contribution >= 0.6 is 0 Å². The molecule has 1 saturated carbocycles. The molecule has 0 N–H and O–H groups in total. The molecule has 0 amide bonds. The van der Waals surface area contributed by atoms with Crippen molar-refractivity contribution in [3.63, 3.8) is 0 Å². The van der Waals surface area contributed by atoms with Gasteiger partial charge in [-0.25, -0.2) is 0 Å². The van der Waals surface area contributed by atoms with E-state index >= 15 is 0 Å². The summed E-state index contributed by atoms with van der Waals surface area (Å²) in [4.78, 5) is 13.3. The van der Waals surface area contributed by atoms with Gasteiger partial charge >= 0.3 is 0 Å². The summed E-state index contributed by atoms with van der Waals surface area (Å²) in [6, 6.07) is 21.7. The van der Waals surface area contributed by atoms with Gasteiger partial charge in [-0.05, 0) is 58.0 Å². The molecule has 2 aliphatic carbocycles. The van der Waals surface area contributed by atoms with Crippen LogP contribution in [-0.4, -0.2) is 20.7 Å². The average molecular weight is 475 g/mol. The van der Waals surface area contributed by atoms with Crippen LogP contribution in [-0.2, 0) is 9.22 Å². The van der Waals surface area contributed by atoms with Crippen LogP contribution in [0.3, 0.4) is 0 Å². The summed E-state index contributed by atoms with van der Waals surface area (Å²) >= 11 is 0. The van der Waals surface area contributed by atoms with E-state index in [0.29, 0.717) is 36.6 Å². The molecule has 0 spiro atoms. The number of allylic oxidation sites excluding steroid dienone is 1. The number of carbonyl (C=O) groups excluding carboxylic acids is 1. The van der Waals surface area contributed by atoms with Gasteiger partial charge in [-0.15, -0.1) is 0 Å². The molecule has 0 heterocycles. The molecular weight excluding hydrogens is 432 g/mol. The maximum Gasteiger partial charge on any atom is 0.261 e. The summed E-state index contributed by atoms with van der Waals surface area (Å²) in [6.45, 7) is 14.5. The highest BCUT2D eigenvalue weighted by atomic mass is 28.4. The first-order valence-corrected chi connectivity index (χ1v) is 15.0. The SMILES string of the molecule is CC(C)[C@H]1CC[C@]2(C)C(=O)CCC(CO[Si](c3ccccc3)(c3ccccc3)C(C)(C)C)=C[C@H]12. The van der Waals surface area contributed by atoms with Gasteiger partial charge in [0.05, 0.1) is 6.61 Å². The number of carbonyl (C=O) groups is 1.